The fourth-order valence-corrected chi connectivity index (χ4v) is 3.01. The summed E-state index contributed by atoms with van der Waals surface area (Å²) in [5.41, 5.74) is 3.40. The van der Waals surface area contributed by atoms with E-state index in [0.29, 0.717) is 17.9 Å². The molecule has 2 aromatic heterocycles. The summed E-state index contributed by atoms with van der Waals surface area (Å²) in [4.78, 5) is 31.2. The number of esters is 1. The lowest BCUT2D eigenvalue weighted by Gasteiger charge is -2.21. The second-order valence-corrected chi connectivity index (χ2v) is 6.38. The minimum atomic E-state index is -0.493. The predicted molar refractivity (Wildman–Crippen MR) is 103 cm³/mol. The maximum atomic E-state index is 12.4. The smallest absolute Gasteiger partial charge is 0.343 e. The molecule has 7 heteroatoms. The Hall–Kier alpha value is -2.93. The van der Waals surface area contributed by atoms with Gasteiger partial charge in [0.15, 0.2) is 5.65 Å². The molecular formula is C20H24N4O3. The molecule has 0 radical (unpaired) electrons. The summed E-state index contributed by atoms with van der Waals surface area (Å²) in [6, 6.07) is 9.74. The Morgan fingerprint density at radius 3 is 2.74 bits per heavy atom. The normalized spacial score (nSPS) is 11.3. The summed E-state index contributed by atoms with van der Waals surface area (Å²) in [7, 11) is 0. The molecule has 0 saturated carbocycles. The van der Waals surface area contributed by atoms with Gasteiger partial charge >= 0.3 is 5.97 Å². The Labute approximate surface area is 157 Å². The molecular weight excluding hydrogens is 344 g/mol. The third-order valence-corrected chi connectivity index (χ3v) is 4.53. The number of nitrogens with zero attached hydrogens (tertiary/aromatic N) is 3. The van der Waals surface area contributed by atoms with Crippen molar-refractivity contribution in [3.8, 4) is 0 Å². The first-order valence-corrected chi connectivity index (χ1v) is 9.07. The van der Waals surface area contributed by atoms with E-state index < -0.39 is 5.97 Å². The molecule has 0 unspecified atom stereocenters. The number of hydrogen-bond acceptors (Lipinski definition) is 5. The molecule has 0 spiro atoms. The van der Waals surface area contributed by atoms with Gasteiger partial charge in [-0.05, 0) is 31.5 Å². The number of aromatic nitrogens is 3. The Bertz CT molecular complexity index is 1010. The van der Waals surface area contributed by atoms with Crippen molar-refractivity contribution in [1.29, 1.82) is 0 Å². The van der Waals surface area contributed by atoms with Crippen molar-refractivity contribution in [2.75, 3.05) is 13.2 Å². The first kappa shape index (κ1) is 18.8. The fourth-order valence-electron chi connectivity index (χ4n) is 3.01. The average molecular weight is 368 g/mol. The first-order valence-electron chi connectivity index (χ1n) is 9.07. The van der Waals surface area contributed by atoms with Crippen molar-refractivity contribution >= 4 is 11.6 Å². The topological polar surface area (TPSA) is 79.7 Å². The van der Waals surface area contributed by atoms with E-state index >= 15 is 0 Å². The lowest BCUT2D eigenvalue weighted by atomic mass is 10.1. The van der Waals surface area contributed by atoms with Crippen LogP contribution in [0.1, 0.15) is 41.0 Å². The number of hydrogen-bond donors (Lipinski definition) is 1. The van der Waals surface area contributed by atoms with Crippen molar-refractivity contribution in [1.82, 2.24) is 19.5 Å². The van der Waals surface area contributed by atoms with Crippen LogP contribution in [0.5, 0.6) is 0 Å². The van der Waals surface area contributed by atoms with Crippen LogP contribution in [0.4, 0.5) is 0 Å². The van der Waals surface area contributed by atoms with Gasteiger partial charge in [0.05, 0.1) is 12.3 Å². The number of ether oxygens (including phenoxy) is 1. The van der Waals surface area contributed by atoms with E-state index in [4.69, 9.17) is 4.74 Å². The zero-order chi connectivity index (χ0) is 19.4. The maximum Gasteiger partial charge on any atom is 0.343 e. The van der Waals surface area contributed by atoms with Crippen LogP contribution in [-0.2, 0) is 17.8 Å². The molecule has 142 valence electrons. The summed E-state index contributed by atoms with van der Waals surface area (Å²) < 4.78 is 6.30. The summed E-state index contributed by atoms with van der Waals surface area (Å²) in [5, 5.41) is 2.76. The van der Waals surface area contributed by atoms with Crippen LogP contribution in [0.2, 0.25) is 0 Å². The standard InChI is InChI=1S/C20H24N4O3/c1-4-23(12-15-9-7-6-8-14(15)3)13-16-10-18(25)24-19(22-16)17(11-21-24)20(26)27-5-2/h6-11,21H,4-5,12-13H2,1-3H3. The van der Waals surface area contributed by atoms with Gasteiger partial charge in [-0.15, -0.1) is 0 Å². The third-order valence-electron chi connectivity index (χ3n) is 4.53. The number of fused-ring (bicyclic) bond motifs is 1. The van der Waals surface area contributed by atoms with Crippen molar-refractivity contribution < 1.29 is 9.53 Å². The van der Waals surface area contributed by atoms with E-state index in [9.17, 15) is 9.59 Å². The number of carbonyl (C=O) groups is 1. The quantitative estimate of drug-likeness (QED) is 0.648. The molecule has 3 rings (SSSR count). The van der Waals surface area contributed by atoms with Gasteiger partial charge in [-0.1, -0.05) is 31.2 Å². The first-order chi connectivity index (χ1) is 13.0. The second kappa shape index (κ2) is 8.18. The minimum Gasteiger partial charge on any atom is -0.462 e. The molecule has 7 nitrogen and oxygen atoms in total. The van der Waals surface area contributed by atoms with Gasteiger partial charge in [0, 0.05) is 25.4 Å². The van der Waals surface area contributed by atoms with Crippen LogP contribution in [-0.4, -0.2) is 38.6 Å². The monoisotopic (exact) mass is 368 g/mol. The fraction of sp³-hybridized carbons (Fsp3) is 0.350. The van der Waals surface area contributed by atoms with Crippen LogP contribution >= 0.6 is 0 Å². The zero-order valence-corrected chi connectivity index (χ0v) is 15.9. The van der Waals surface area contributed by atoms with E-state index in [1.54, 1.807) is 6.92 Å². The predicted octanol–water partition coefficient (Wildman–Crippen LogP) is 2.53. The van der Waals surface area contributed by atoms with Gasteiger partial charge in [-0.3, -0.25) is 14.8 Å². The number of aryl methyl sites for hydroxylation is 1. The van der Waals surface area contributed by atoms with Gasteiger partial charge in [-0.25, -0.2) is 14.3 Å². The Balaban J connectivity index is 1.89. The molecule has 0 fully saturated rings. The summed E-state index contributed by atoms with van der Waals surface area (Å²) in [6.45, 7) is 8.26. The number of carbonyl (C=O) groups excluding carboxylic acids is 1. The van der Waals surface area contributed by atoms with Crippen LogP contribution in [0, 0.1) is 6.92 Å². The lowest BCUT2D eigenvalue weighted by Crippen LogP contribution is -2.25. The van der Waals surface area contributed by atoms with Crippen LogP contribution < -0.4 is 5.56 Å². The van der Waals surface area contributed by atoms with Gasteiger partial charge in [0.1, 0.15) is 5.56 Å². The molecule has 0 bridgehead atoms. The number of nitrogens with one attached hydrogen (secondary N) is 1. The second-order valence-electron chi connectivity index (χ2n) is 6.38. The molecule has 0 saturated heterocycles. The Morgan fingerprint density at radius 1 is 1.26 bits per heavy atom. The van der Waals surface area contributed by atoms with Crippen molar-refractivity contribution in [2.45, 2.75) is 33.9 Å². The molecule has 0 atom stereocenters. The molecule has 0 amide bonds. The maximum absolute atomic E-state index is 12.4. The Kier molecular flexibility index (Phi) is 5.71. The number of aromatic amines is 1. The van der Waals surface area contributed by atoms with E-state index in [1.165, 1.54) is 27.9 Å². The van der Waals surface area contributed by atoms with E-state index in [0.717, 1.165) is 13.1 Å². The van der Waals surface area contributed by atoms with Crippen molar-refractivity contribution in [3.05, 3.63) is 69.3 Å². The minimum absolute atomic E-state index is 0.252. The zero-order valence-electron chi connectivity index (χ0n) is 15.9. The van der Waals surface area contributed by atoms with Crippen LogP contribution in [0.15, 0.2) is 41.3 Å². The molecule has 3 aromatic rings. The van der Waals surface area contributed by atoms with Crippen LogP contribution in [0.25, 0.3) is 5.65 Å². The van der Waals surface area contributed by atoms with E-state index in [1.807, 2.05) is 12.1 Å². The molecule has 0 aliphatic carbocycles. The highest BCUT2D eigenvalue weighted by Crippen LogP contribution is 2.14. The number of rotatable bonds is 7. The highest BCUT2D eigenvalue weighted by atomic mass is 16.5. The summed E-state index contributed by atoms with van der Waals surface area (Å²) >= 11 is 0. The highest BCUT2D eigenvalue weighted by Gasteiger charge is 2.17. The van der Waals surface area contributed by atoms with E-state index in [2.05, 4.69) is 41.0 Å². The molecule has 27 heavy (non-hydrogen) atoms. The Morgan fingerprint density at radius 2 is 2.04 bits per heavy atom. The SMILES string of the molecule is CCOC(=O)c1c[nH]n2c(=O)cc(CN(CC)Cc3ccccc3C)nc12. The van der Waals surface area contributed by atoms with Crippen LogP contribution in [0.3, 0.4) is 0 Å². The third kappa shape index (κ3) is 4.09. The van der Waals surface area contributed by atoms with Gasteiger partial charge in [0.25, 0.3) is 5.56 Å². The molecule has 2 heterocycles. The van der Waals surface area contributed by atoms with E-state index in [-0.39, 0.29) is 17.7 Å². The largest absolute Gasteiger partial charge is 0.462 e. The number of H-pyrrole nitrogens is 1. The summed E-state index contributed by atoms with van der Waals surface area (Å²) in [5.74, 6) is -0.493. The van der Waals surface area contributed by atoms with Gasteiger partial charge in [-0.2, -0.15) is 0 Å². The average Bonchev–Trinajstić information content (AvgIpc) is 3.07. The lowest BCUT2D eigenvalue weighted by molar-refractivity contribution is 0.0528. The highest BCUT2D eigenvalue weighted by molar-refractivity contribution is 5.95. The van der Waals surface area contributed by atoms with Gasteiger partial charge in [0.2, 0.25) is 0 Å². The van der Waals surface area contributed by atoms with Crippen molar-refractivity contribution in [3.63, 3.8) is 0 Å². The van der Waals surface area contributed by atoms with Crippen molar-refractivity contribution in [2.24, 2.45) is 0 Å². The molecule has 1 N–H and O–H groups in total. The van der Waals surface area contributed by atoms with Gasteiger partial charge < -0.3 is 4.74 Å². The molecule has 0 aliphatic heterocycles. The molecule has 1 aromatic carbocycles. The number of benzene rings is 1. The summed E-state index contributed by atoms with van der Waals surface area (Å²) in [6.07, 6.45) is 1.45. The molecule has 0 aliphatic rings.